The van der Waals surface area contributed by atoms with E-state index in [1.165, 1.54) is 0 Å². The first-order valence-corrected chi connectivity index (χ1v) is 15.3. The average Bonchev–Trinajstić information content (AvgIpc) is 3.14. The number of nitrogens with zero attached hydrogens (tertiary/aromatic N) is 3. The molecule has 0 aromatic heterocycles. The van der Waals surface area contributed by atoms with Crippen LogP contribution in [0, 0.1) is 11.3 Å². The molecule has 218 valence electrons. The van der Waals surface area contributed by atoms with Gasteiger partial charge >= 0.3 is 0 Å². The fraction of sp³-hybridized carbons (Fsp3) is 0. The highest BCUT2D eigenvalue weighted by Crippen LogP contribution is 2.39. The smallest absolute Gasteiger partial charge is 0.100 e. The fourth-order valence-electron chi connectivity index (χ4n) is 5.94. The monoisotopic (exact) mass is 589 g/mol. The number of nitriles is 1. The van der Waals surface area contributed by atoms with E-state index in [0.717, 1.165) is 56.4 Å². The van der Waals surface area contributed by atoms with Crippen LogP contribution in [0.4, 0.5) is 34.1 Å². The summed E-state index contributed by atoms with van der Waals surface area (Å²) in [5.41, 5.74) is 10.9. The van der Waals surface area contributed by atoms with Gasteiger partial charge in [0.2, 0.25) is 0 Å². The molecule has 0 aliphatic rings. The van der Waals surface area contributed by atoms with Crippen LogP contribution < -0.4 is 9.80 Å². The lowest BCUT2D eigenvalue weighted by Gasteiger charge is -2.25. The van der Waals surface area contributed by atoms with Crippen LogP contribution in [-0.2, 0) is 0 Å². The van der Waals surface area contributed by atoms with Gasteiger partial charge in [-0.05, 0) is 83.9 Å². The van der Waals surface area contributed by atoms with Crippen LogP contribution >= 0.6 is 0 Å². The van der Waals surface area contributed by atoms with Crippen LogP contribution in [0.3, 0.4) is 0 Å². The summed E-state index contributed by atoms with van der Waals surface area (Å²) in [6.45, 7) is 0. The second kappa shape index (κ2) is 13.1. The Hall–Kier alpha value is -6.37. The van der Waals surface area contributed by atoms with Gasteiger partial charge < -0.3 is 9.80 Å². The van der Waals surface area contributed by atoms with E-state index in [4.69, 9.17) is 0 Å². The van der Waals surface area contributed by atoms with Gasteiger partial charge in [0.25, 0.3) is 0 Å². The molecule has 0 radical (unpaired) electrons. The molecule has 0 aliphatic carbocycles. The minimum atomic E-state index is 0.661. The van der Waals surface area contributed by atoms with Gasteiger partial charge in [-0.25, -0.2) is 0 Å². The molecule has 0 bridgehead atoms. The summed E-state index contributed by atoms with van der Waals surface area (Å²) in [5.74, 6) is 0. The molecule has 3 heteroatoms. The summed E-state index contributed by atoms with van der Waals surface area (Å²) >= 11 is 0. The number of anilines is 6. The summed E-state index contributed by atoms with van der Waals surface area (Å²) in [7, 11) is 0. The molecule has 0 N–H and O–H groups in total. The molecule has 7 rings (SSSR count). The SMILES string of the molecule is N#Cc1c(-c2ccc(N(c3ccccc3)c3ccccc3)cc2)cccc1-c1ccc(N(c2ccccc2)c2ccccc2)cc1. The van der Waals surface area contributed by atoms with E-state index in [2.05, 4.69) is 161 Å². The zero-order valence-electron chi connectivity index (χ0n) is 25.2. The first kappa shape index (κ1) is 28.4. The number of para-hydroxylation sites is 4. The zero-order chi connectivity index (χ0) is 31.1. The maximum absolute atomic E-state index is 10.4. The number of benzene rings is 7. The average molecular weight is 590 g/mol. The standard InChI is InChI=1S/C43H31N3/c44-32-43-41(33-24-28-39(29-25-33)45(35-14-5-1-6-15-35)36-16-7-2-8-17-36)22-13-23-42(43)34-26-30-40(31-27-34)46(37-18-9-3-10-19-37)38-20-11-4-12-21-38/h1-31H. The number of hydrogen-bond donors (Lipinski definition) is 0. The lowest BCUT2D eigenvalue weighted by Crippen LogP contribution is -2.09. The Bertz CT molecular complexity index is 1840. The molecular formula is C43H31N3. The van der Waals surface area contributed by atoms with E-state index in [0.29, 0.717) is 5.56 Å². The summed E-state index contributed by atoms with van der Waals surface area (Å²) in [6, 6.07) is 67.0. The van der Waals surface area contributed by atoms with Gasteiger partial charge in [0.05, 0.1) is 5.56 Å². The summed E-state index contributed by atoms with van der Waals surface area (Å²) in [6.07, 6.45) is 0. The van der Waals surface area contributed by atoms with Gasteiger partial charge in [-0.2, -0.15) is 5.26 Å². The Morgan fingerprint density at radius 1 is 0.304 bits per heavy atom. The van der Waals surface area contributed by atoms with Crippen molar-refractivity contribution in [2.75, 3.05) is 9.80 Å². The Morgan fingerprint density at radius 3 is 0.870 bits per heavy atom. The van der Waals surface area contributed by atoms with E-state index in [1.54, 1.807) is 0 Å². The van der Waals surface area contributed by atoms with Crippen LogP contribution in [0.2, 0.25) is 0 Å². The molecule has 46 heavy (non-hydrogen) atoms. The molecule has 7 aromatic rings. The molecule has 0 aliphatic heterocycles. The molecule has 3 nitrogen and oxygen atoms in total. The quantitative estimate of drug-likeness (QED) is 0.177. The topological polar surface area (TPSA) is 30.3 Å². The molecule has 0 spiro atoms. The van der Waals surface area contributed by atoms with Crippen molar-refractivity contribution in [2.24, 2.45) is 0 Å². The first-order valence-electron chi connectivity index (χ1n) is 15.3. The van der Waals surface area contributed by atoms with Crippen LogP contribution in [0.15, 0.2) is 188 Å². The second-order valence-corrected chi connectivity index (χ2v) is 10.9. The van der Waals surface area contributed by atoms with E-state index in [9.17, 15) is 5.26 Å². The van der Waals surface area contributed by atoms with Gasteiger partial charge in [-0.1, -0.05) is 115 Å². The third-order valence-corrected chi connectivity index (χ3v) is 8.11. The maximum Gasteiger partial charge on any atom is 0.100 e. The third kappa shape index (κ3) is 5.76. The van der Waals surface area contributed by atoms with E-state index in [1.807, 2.05) is 42.5 Å². The van der Waals surface area contributed by atoms with Crippen LogP contribution in [-0.4, -0.2) is 0 Å². The van der Waals surface area contributed by atoms with Crippen molar-refractivity contribution in [3.63, 3.8) is 0 Å². The summed E-state index contributed by atoms with van der Waals surface area (Å²) in [5, 5.41) is 10.4. The van der Waals surface area contributed by atoms with Crippen molar-refractivity contribution < 1.29 is 0 Å². The van der Waals surface area contributed by atoms with E-state index >= 15 is 0 Å². The molecule has 0 saturated carbocycles. The molecule has 0 fully saturated rings. The fourth-order valence-corrected chi connectivity index (χ4v) is 5.94. The van der Waals surface area contributed by atoms with Crippen molar-refractivity contribution in [2.45, 2.75) is 0 Å². The van der Waals surface area contributed by atoms with Crippen LogP contribution in [0.5, 0.6) is 0 Å². The Balaban J connectivity index is 1.23. The highest BCUT2D eigenvalue weighted by atomic mass is 15.1. The van der Waals surface area contributed by atoms with Crippen LogP contribution in [0.1, 0.15) is 5.56 Å². The predicted molar refractivity (Wildman–Crippen MR) is 191 cm³/mol. The summed E-state index contributed by atoms with van der Waals surface area (Å²) < 4.78 is 0. The molecule has 0 heterocycles. The Kier molecular flexibility index (Phi) is 8.09. The third-order valence-electron chi connectivity index (χ3n) is 8.11. The molecule has 0 unspecified atom stereocenters. The Labute approximate surface area is 270 Å². The normalized spacial score (nSPS) is 10.6. The van der Waals surface area contributed by atoms with Crippen molar-refractivity contribution in [1.82, 2.24) is 0 Å². The van der Waals surface area contributed by atoms with Gasteiger partial charge in [0.1, 0.15) is 6.07 Å². The highest BCUT2D eigenvalue weighted by Gasteiger charge is 2.16. The maximum atomic E-state index is 10.4. The van der Waals surface area contributed by atoms with E-state index < -0.39 is 0 Å². The van der Waals surface area contributed by atoms with Gasteiger partial charge in [-0.3, -0.25) is 0 Å². The zero-order valence-corrected chi connectivity index (χ0v) is 25.2. The van der Waals surface area contributed by atoms with Gasteiger partial charge in [0, 0.05) is 45.3 Å². The lowest BCUT2D eigenvalue weighted by molar-refractivity contribution is 1.28. The predicted octanol–water partition coefficient (Wildman–Crippen LogP) is 11.8. The van der Waals surface area contributed by atoms with Gasteiger partial charge in [-0.15, -0.1) is 0 Å². The van der Waals surface area contributed by atoms with Crippen LogP contribution in [0.25, 0.3) is 22.3 Å². The van der Waals surface area contributed by atoms with Gasteiger partial charge in [0.15, 0.2) is 0 Å². The largest absolute Gasteiger partial charge is 0.311 e. The minimum absolute atomic E-state index is 0.661. The van der Waals surface area contributed by atoms with Crippen molar-refractivity contribution in [3.8, 4) is 28.3 Å². The van der Waals surface area contributed by atoms with Crippen molar-refractivity contribution in [3.05, 3.63) is 194 Å². The molecule has 0 saturated heterocycles. The molecule has 7 aromatic carbocycles. The molecule has 0 atom stereocenters. The van der Waals surface area contributed by atoms with Crippen molar-refractivity contribution >= 4 is 34.1 Å². The number of rotatable bonds is 8. The summed E-state index contributed by atoms with van der Waals surface area (Å²) in [4.78, 5) is 4.47. The Morgan fingerprint density at radius 2 is 0.587 bits per heavy atom. The highest BCUT2D eigenvalue weighted by molar-refractivity contribution is 5.85. The first-order chi connectivity index (χ1) is 22.8. The molecular weight excluding hydrogens is 558 g/mol. The van der Waals surface area contributed by atoms with E-state index in [-0.39, 0.29) is 0 Å². The lowest BCUT2D eigenvalue weighted by atomic mass is 9.92. The number of hydrogen-bond acceptors (Lipinski definition) is 3. The van der Waals surface area contributed by atoms with Crippen molar-refractivity contribution in [1.29, 1.82) is 5.26 Å². The minimum Gasteiger partial charge on any atom is -0.311 e. The molecule has 0 amide bonds. The second-order valence-electron chi connectivity index (χ2n) is 10.9.